The number of esters is 1. The number of hydrogen-bond donors (Lipinski definition) is 0. The van der Waals surface area contributed by atoms with Crippen LogP contribution in [-0.4, -0.2) is 36.1 Å². The molecule has 1 heterocycles. The van der Waals surface area contributed by atoms with Crippen LogP contribution in [0, 0.1) is 5.92 Å². The van der Waals surface area contributed by atoms with E-state index in [-0.39, 0.29) is 11.5 Å². The zero-order chi connectivity index (χ0) is 16.7. The van der Waals surface area contributed by atoms with Crippen LogP contribution in [0.3, 0.4) is 0 Å². The molecule has 5 heteroatoms. The maximum Gasteiger partial charge on any atom is 0.329 e. The first-order chi connectivity index (χ1) is 10.3. The van der Waals surface area contributed by atoms with Crippen molar-refractivity contribution >= 4 is 5.97 Å². The van der Waals surface area contributed by atoms with E-state index in [1.165, 1.54) is 4.57 Å². The highest BCUT2D eigenvalue weighted by atomic mass is 16.5. The van der Waals surface area contributed by atoms with Crippen LogP contribution in [0.4, 0.5) is 0 Å². The van der Waals surface area contributed by atoms with Crippen molar-refractivity contribution in [2.45, 2.75) is 46.2 Å². The monoisotopic (exact) mass is 308 g/mol. The quantitative estimate of drug-likeness (QED) is 0.692. The third-order valence-corrected chi connectivity index (χ3v) is 3.26. The van der Waals surface area contributed by atoms with Gasteiger partial charge in [-0.3, -0.25) is 4.79 Å². The summed E-state index contributed by atoms with van der Waals surface area (Å²) < 4.78 is 6.75. The van der Waals surface area contributed by atoms with Crippen molar-refractivity contribution in [2.75, 3.05) is 20.7 Å². The topological polar surface area (TPSA) is 51.5 Å². The lowest BCUT2D eigenvalue weighted by Gasteiger charge is -2.21. The predicted molar refractivity (Wildman–Crippen MR) is 87.8 cm³/mol. The number of carbonyl (C=O) groups is 1. The Kier molecular flexibility index (Phi) is 7.32. The van der Waals surface area contributed by atoms with Crippen molar-refractivity contribution in [1.29, 1.82) is 0 Å². The minimum atomic E-state index is -0.549. The molecule has 0 amide bonds. The van der Waals surface area contributed by atoms with Crippen LogP contribution in [0.15, 0.2) is 23.1 Å². The first-order valence-corrected chi connectivity index (χ1v) is 7.87. The van der Waals surface area contributed by atoms with Crippen LogP contribution < -0.4 is 5.56 Å². The summed E-state index contributed by atoms with van der Waals surface area (Å²) in [4.78, 5) is 26.6. The molecule has 1 atom stereocenters. The predicted octanol–water partition coefficient (Wildman–Crippen LogP) is 2.45. The van der Waals surface area contributed by atoms with Gasteiger partial charge in [-0.15, -0.1) is 0 Å². The fourth-order valence-electron chi connectivity index (χ4n) is 2.32. The van der Waals surface area contributed by atoms with Crippen LogP contribution in [0.5, 0.6) is 0 Å². The van der Waals surface area contributed by atoms with Gasteiger partial charge in [0.2, 0.25) is 0 Å². The number of rotatable bonds is 8. The van der Waals surface area contributed by atoms with Crippen molar-refractivity contribution in [3.63, 3.8) is 0 Å². The molecule has 1 aromatic heterocycles. The molecule has 0 saturated heterocycles. The molecule has 0 radical (unpaired) electrons. The standard InChI is InChI=1S/C17H28N2O3/c1-6-9-22-17(21)15(10-13(2)3)19-8-7-14(11-16(19)20)12-18(4)5/h7-8,11,13,15H,6,9-10,12H2,1-5H3. The molecule has 0 aromatic carbocycles. The Balaban J connectivity index is 3.03. The molecule has 0 bridgehead atoms. The molecule has 124 valence electrons. The van der Waals surface area contributed by atoms with E-state index in [2.05, 4.69) is 0 Å². The third-order valence-electron chi connectivity index (χ3n) is 3.26. The molecule has 22 heavy (non-hydrogen) atoms. The Labute approximate surface area is 132 Å². The summed E-state index contributed by atoms with van der Waals surface area (Å²) in [5.41, 5.74) is 0.787. The summed E-state index contributed by atoms with van der Waals surface area (Å²) in [5.74, 6) is -0.0227. The fourth-order valence-corrected chi connectivity index (χ4v) is 2.32. The Morgan fingerprint density at radius 2 is 2.05 bits per heavy atom. The van der Waals surface area contributed by atoms with Gasteiger partial charge in [0.05, 0.1) is 6.61 Å². The second kappa shape index (κ2) is 8.73. The van der Waals surface area contributed by atoms with Gasteiger partial charge in [0.1, 0.15) is 6.04 Å². The van der Waals surface area contributed by atoms with Gasteiger partial charge in [0.25, 0.3) is 5.56 Å². The third kappa shape index (κ3) is 5.64. The van der Waals surface area contributed by atoms with Crippen LogP contribution in [-0.2, 0) is 16.1 Å². The van der Waals surface area contributed by atoms with Gasteiger partial charge in [-0.25, -0.2) is 4.79 Å². The molecule has 1 unspecified atom stereocenters. The number of ether oxygens (including phenoxy) is 1. The Morgan fingerprint density at radius 1 is 1.36 bits per heavy atom. The lowest BCUT2D eigenvalue weighted by Crippen LogP contribution is -2.32. The van der Waals surface area contributed by atoms with Gasteiger partial charge in [-0.05, 0) is 44.5 Å². The minimum absolute atomic E-state index is 0.154. The zero-order valence-electron chi connectivity index (χ0n) is 14.3. The highest BCUT2D eigenvalue weighted by Gasteiger charge is 2.24. The lowest BCUT2D eigenvalue weighted by molar-refractivity contribution is -0.148. The molecule has 0 fully saturated rings. The lowest BCUT2D eigenvalue weighted by atomic mass is 10.0. The molecule has 0 saturated carbocycles. The molecule has 0 aliphatic rings. The summed E-state index contributed by atoms with van der Waals surface area (Å²) in [6.45, 7) is 7.11. The van der Waals surface area contributed by atoms with Crippen molar-refractivity contribution in [1.82, 2.24) is 9.47 Å². The van der Waals surface area contributed by atoms with E-state index in [1.807, 2.05) is 45.8 Å². The molecular weight excluding hydrogens is 280 g/mol. The van der Waals surface area contributed by atoms with Gasteiger partial charge < -0.3 is 14.2 Å². The summed E-state index contributed by atoms with van der Waals surface area (Å²) >= 11 is 0. The summed E-state index contributed by atoms with van der Waals surface area (Å²) in [7, 11) is 3.91. The van der Waals surface area contributed by atoms with Gasteiger partial charge in [0.15, 0.2) is 0 Å². The highest BCUT2D eigenvalue weighted by Crippen LogP contribution is 2.18. The van der Waals surface area contributed by atoms with E-state index < -0.39 is 6.04 Å². The minimum Gasteiger partial charge on any atom is -0.464 e. The van der Waals surface area contributed by atoms with E-state index in [0.717, 1.165) is 12.0 Å². The maximum atomic E-state index is 12.4. The van der Waals surface area contributed by atoms with Crippen molar-refractivity contribution in [3.8, 4) is 0 Å². The fraction of sp³-hybridized carbons (Fsp3) is 0.647. The number of pyridine rings is 1. The van der Waals surface area contributed by atoms with Crippen LogP contribution in [0.2, 0.25) is 0 Å². The average molecular weight is 308 g/mol. The molecule has 1 rings (SSSR count). The molecule has 0 spiro atoms. The largest absolute Gasteiger partial charge is 0.464 e. The van der Waals surface area contributed by atoms with Crippen LogP contribution >= 0.6 is 0 Å². The molecule has 0 aliphatic heterocycles. The molecule has 0 aliphatic carbocycles. The summed E-state index contributed by atoms with van der Waals surface area (Å²) in [6, 6.07) is 2.94. The van der Waals surface area contributed by atoms with Gasteiger partial charge >= 0.3 is 5.97 Å². The Morgan fingerprint density at radius 3 is 2.55 bits per heavy atom. The van der Waals surface area contributed by atoms with Gasteiger partial charge in [-0.2, -0.15) is 0 Å². The molecule has 0 N–H and O–H groups in total. The Bertz CT molecular complexity index is 535. The first-order valence-electron chi connectivity index (χ1n) is 7.87. The Hall–Kier alpha value is -1.62. The first kappa shape index (κ1) is 18.4. The van der Waals surface area contributed by atoms with E-state index in [9.17, 15) is 9.59 Å². The van der Waals surface area contributed by atoms with E-state index in [0.29, 0.717) is 25.5 Å². The second-order valence-electron chi connectivity index (χ2n) is 6.33. The van der Waals surface area contributed by atoms with Gasteiger partial charge in [0, 0.05) is 18.8 Å². The number of nitrogens with zero attached hydrogens (tertiary/aromatic N) is 2. The summed E-state index contributed by atoms with van der Waals surface area (Å²) in [6.07, 6.45) is 3.08. The van der Waals surface area contributed by atoms with E-state index >= 15 is 0 Å². The SMILES string of the molecule is CCCOC(=O)C(CC(C)C)n1ccc(CN(C)C)cc1=O. The van der Waals surface area contributed by atoms with E-state index in [1.54, 1.807) is 12.3 Å². The smallest absolute Gasteiger partial charge is 0.329 e. The maximum absolute atomic E-state index is 12.4. The number of hydrogen-bond acceptors (Lipinski definition) is 4. The normalized spacial score (nSPS) is 12.7. The van der Waals surface area contributed by atoms with Crippen molar-refractivity contribution in [3.05, 3.63) is 34.2 Å². The van der Waals surface area contributed by atoms with Gasteiger partial charge in [-0.1, -0.05) is 20.8 Å². The molecular formula is C17H28N2O3. The highest BCUT2D eigenvalue weighted by molar-refractivity contribution is 5.74. The second-order valence-corrected chi connectivity index (χ2v) is 6.33. The van der Waals surface area contributed by atoms with Crippen molar-refractivity contribution in [2.24, 2.45) is 5.92 Å². The van der Waals surface area contributed by atoms with Crippen molar-refractivity contribution < 1.29 is 9.53 Å². The van der Waals surface area contributed by atoms with E-state index in [4.69, 9.17) is 4.74 Å². The number of carbonyl (C=O) groups excluding carboxylic acids is 1. The zero-order valence-corrected chi connectivity index (χ0v) is 14.3. The number of aromatic nitrogens is 1. The molecule has 1 aromatic rings. The average Bonchev–Trinajstić information content (AvgIpc) is 2.42. The van der Waals surface area contributed by atoms with Crippen LogP contribution in [0.1, 0.15) is 45.2 Å². The summed E-state index contributed by atoms with van der Waals surface area (Å²) in [5, 5.41) is 0. The molecule has 5 nitrogen and oxygen atoms in total. The van der Waals surface area contributed by atoms with Crippen LogP contribution in [0.25, 0.3) is 0 Å².